The number of rotatable bonds is 12. The van der Waals surface area contributed by atoms with E-state index < -0.39 is 79.0 Å². The fourth-order valence-corrected chi connectivity index (χ4v) is 1.67. The average molecular weight is 752 g/mol. The van der Waals surface area contributed by atoms with Crippen molar-refractivity contribution >= 4 is 0 Å². The molecule has 0 aliphatic heterocycles. The summed E-state index contributed by atoms with van der Waals surface area (Å²) in [5, 5.41) is 0. The van der Waals surface area contributed by atoms with Gasteiger partial charge in [0, 0.05) is 0 Å². The van der Waals surface area contributed by atoms with E-state index in [2.05, 4.69) is 0 Å². The maximum absolute atomic E-state index is 13.6. The fourth-order valence-electron chi connectivity index (χ4n) is 1.67. The summed E-state index contributed by atoms with van der Waals surface area (Å²) in [6.45, 7) is 0. The van der Waals surface area contributed by atoms with Gasteiger partial charge in [-0.1, -0.05) is 0 Å². The van der Waals surface area contributed by atoms with Gasteiger partial charge in [0.05, 0.1) is 0 Å². The van der Waals surface area contributed by atoms with E-state index in [0.717, 1.165) is 18.9 Å². The van der Waals surface area contributed by atoms with Crippen LogP contribution in [0.5, 0.6) is 0 Å². The van der Waals surface area contributed by atoms with Gasteiger partial charge in [-0.25, -0.2) is 18.9 Å². The second kappa shape index (κ2) is 11.0. The zero-order chi connectivity index (χ0) is 37.3. The Morgan fingerprint density at radius 2 is 0.311 bits per heavy atom. The normalized spacial score (nSPS) is 16.8. The molecule has 0 bridgehead atoms. The highest BCUT2D eigenvalue weighted by atomic mass is 19.5. The summed E-state index contributed by atoms with van der Waals surface area (Å²) in [6.07, 6.45) is -76.8. The van der Waals surface area contributed by atoms with Crippen LogP contribution in [0.25, 0.3) is 0 Å². The smallest absolute Gasteiger partial charge is 0.232 e. The molecule has 0 rings (SSSR count). The van der Waals surface area contributed by atoms with Crippen LogP contribution in [0.4, 0.5) is 123 Å². The molecule has 0 N–H and O–H groups in total. The van der Waals surface area contributed by atoms with Gasteiger partial charge in [-0.05, 0) is 0 Å². The first-order chi connectivity index (χ1) is 18.8. The minimum Gasteiger partial charge on any atom is -0.232 e. The zero-order valence-corrected chi connectivity index (χ0v) is 18.7. The monoisotopic (exact) mass is 752 g/mol. The van der Waals surface area contributed by atoms with Gasteiger partial charge in [-0.15, -0.1) is 0 Å². The third kappa shape index (κ3) is 7.56. The van der Waals surface area contributed by atoms with Crippen molar-refractivity contribution in [2.45, 2.75) is 79.0 Å². The number of halogens is 28. The van der Waals surface area contributed by atoms with Gasteiger partial charge in [-0.2, -0.15) is 123 Å². The molecule has 0 aromatic rings. The molecule has 45 heavy (non-hydrogen) atoms. The second-order valence-electron chi connectivity index (χ2n) is 7.26. The fraction of sp³-hybridized carbons (Fsp3) is 1.00. The van der Waals surface area contributed by atoms with Crippen LogP contribution in [0.3, 0.4) is 0 Å². The van der Waals surface area contributed by atoms with Gasteiger partial charge in [-0.3, -0.25) is 0 Å². The lowest BCUT2D eigenvalue weighted by molar-refractivity contribution is -0.674. The van der Waals surface area contributed by atoms with Gasteiger partial charge in [0.2, 0.25) is 0 Å². The van der Waals surface area contributed by atoms with E-state index in [1.807, 2.05) is 0 Å². The van der Waals surface area contributed by atoms with Crippen LogP contribution in [0.15, 0.2) is 0 Å². The topological polar surface area (TPSA) is 36.9 Å². The SMILES string of the molecule is FC(F)(F)C(F)(F)C(F)(F)OC(OC(F)(F)C(F)(F)C(F)(F)F)(OC(F)(F)C(F)(F)C(F)(F)F)OC(F)(F)C(F)(F)C(F)(F)F. The van der Waals surface area contributed by atoms with E-state index in [4.69, 9.17) is 0 Å². The largest absolute Gasteiger partial charge is 0.462 e. The molecule has 0 amide bonds. The summed E-state index contributed by atoms with van der Waals surface area (Å²) in [4.78, 5) is 0. The minimum atomic E-state index is -8.78. The van der Waals surface area contributed by atoms with Crippen LogP contribution >= 0.6 is 0 Å². The quantitative estimate of drug-likeness (QED) is 0.148. The Balaban J connectivity index is 8.22. The van der Waals surface area contributed by atoms with Crippen molar-refractivity contribution in [1.29, 1.82) is 0 Å². The van der Waals surface area contributed by atoms with Crippen molar-refractivity contribution in [1.82, 2.24) is 0 Å². The van der Waals surface area contributed by atoms with Crippen LogP contribution in [-0.2, 0) is 18.9 Å². The molecule has 0 saturated heterocycles. The maximum atomic E-state index is 13.6. The van der Waals surface area contributed by atoms with Crippen LogP contribution in [-0.4, -0.2) is 79.0 Å². The number of ether oxygens (including phenoxy) is 4. The molecule has 0 aromatic heterocycles. The molecule has 0 unspecified atom stereocenters. The predicted molar refractivity (Wildman–Crippen MR) is 70.9 cm³/mol. The van der Waals surface area contributed by atoms with Crippen LogP contribution < -0.4 is 0 Å². The van der Waals surface area contributed by atoms with E-state index in [9.17, 15) is 123 Å². The van der Waals surface area contributed by atoms with Crippen molar-refractivity contribution in [3.8, 4) is 0 Å². The molecule has 0 spiro atoms. The molecule has 0 aliphatic rings. The maximum Gasteiger partial charge on any atom is 0.462 e. The molecule has 0 atom stereocenters. The van der Waals surface area contributed by atoms with Crippen molar-refractivity contribution in [2.24, 2.45) is 0 Å². The lowest BCUT2D eigenvalue weighted by Gasteiger charge is -2.43. The summed E-state index contributed by atoms with van der Waals surface area (Å²) in [7, 11) is 0. The highest BCUT2D eigenvalue weighted by Gasteiger charge is 2.86. The van der Waals surface area contributed by atoms with E-state index in [1.54, 1.807) is 0 Å². The molecule has 32 heteroatoms. The van der Waals surface area contributed by atoms with Gasteiger partial charge in [0.25, 0.3) is 0 Å². The van der Waals surface area contributed by atoms with Crippen LogP contribution in [0.2, 0.25) is 0 Å². The summed E-state index contributed by atoms with van der Waals surface area (Å²) >= 11 is 0. The number of hydrogen-bond acceptors (Lipinski definition) is 4. The van der Waals surface area contributed by atoms with Crippen LogP contribution in [0, 0.1) is 0 Å². The Hall–Kier alpha value is -2.12. The molecular weight excluding hydrogens is 752 g/mol. The molecule has 0 saturated carbocycles. The first-order valence-corrected chi connectivity index (χ1v) is 8.92. The van der Waals surface area contributed by atoms with Gasteiger partial charge in [0.1, 0.15) is 0 Å². The number of hydrogen-bond donors (Lipinski definition) is 0. The van der Waals surface area contributed by atoms with Gasteiger partial charge in [0.15, 0.2) is 0 Å². The first kappa shape index (κ1) is 42.9. The lowest BCUT2D eigenvalue weighted by Crippen LogP contribution is -2.69. The molecule has 272 valence electrons. The standard InChI is InChI=1S/C13F28O4/c14-1(15,5(22,23)24)9(34,35)42-13(43-10(36,37)2(16,17)6(25,26)27,44-11(38,39)3(18,19)7(28,29)30)45-12(40,41)4(20,21)8(31,32)33. The highest BCUT2D eigenvalue weighted by Crippen LogP contribution is 2.58. The Morgan fingerprint density at radius 3 is 0.400 bits per heavy atom. The molecular formula is C13F28O4. The summed E-state index contributed by atoms with van der Waals surface area (Å²) in [5.41, 5.74) is 0. The summed E-state index contributed by atoms with van der Waals surface area (Å²) in [5.74, 6) is -34.4. The molecule has 0 heterocycles. The van der Waals surface area contributed by atoms with Gasteiger partial charge < -0.3 is 0 Å². The van der Waals surface area contributed by atoms with Crippen molar-refractivity contribution in [3.05, 3.63) is 0 Å². The zero-order valence-electron chi connectivity index (χ0n) is 18.7. The summed E-state index contributed by atoms with van der Waals surface area (Å²) < 4.78 is 365. The molecule has 0 aliphatic carbocycles. The Bertz CT molecular complexity index is 862. The Labute approximate surface area is 222 Å². The Morgan fingerprint density at radius 1 is 0.200 bits per heavy atom. The van der Waals surface area contributed by atoms with Crippen molar-refractivity contribution in [2.75, 3.05) is 0 Å². The predicted octanol–water partition coefficient (Wildman–Crippen LogP) is 8.83. The third-order valence-electron chi connectivity index (χ3n) is 3.90. The van der Waals surface area contributed by atoms with E-state index in [1.165, 1.54) is 0 Å². The van der Waals surface area contributed by atoms with E-state index in [-0.39, 0.29) is 0 Å². The second-order valence-corrected chi connectivity index (χ2v) is 7.26. The Kier molecular flexibility index (Phi) is 10.5. The van der Waals surface area contributed by atoms with E-state index >= 15 is 0 Å². The molecule has 4 nitrogen and oxygen atoms in total. The van der Waals surface area contributed by atoms with Crippen molar-refractivity contribution in [3.63, 3.8) is 0 Å². The third-order valence-corrected chi connectivity index (χ3v) is 3.90. The minimum absolute atomic E-state index is 1.14. The van der Waals surface area contributed by atoms with Crippen molar-refractivity contribution < 1.29 is 142 Å². The first-order valence-electron chi connectivity index (χ1n) is 8.92. The highest BCUT2D eigenvalue weighted by molar-refractivity contribution is 4.92. The number of alkyl halides is 28. The van der Waals surface area contributed by atoms with Gasteiger partial charge >= 0.3 is 79.0 Å². The lowest BCUT2D eigenvalue weighted by atomic mass is 10.3. The summed E-state index contributed by atoms with van der Waals surface area (Å²) in [6, 6.07) is 0. The average Bonchev–Trinajstić information content (AvgIpc) is 2.67. The molecule has 0 fully saturated rings. The van der Waals surface area contributed by atoms with Crippen LogP contribution in [0.1, 0.15) is 0 Å². The molecule has 0 aromatic carbocycles. The van der Waals surface area contributed by atoms with E-state index in [0.29, 0.717) is 0 Å². The molecule has 0 radical (unpaired) electrons.